The molecule has 30 heavy (non-hydrogen) atoms. The molecular weight excluding hydrogens is 466 g/mol. The molecule has 1 aliphatic rings. The van der Waals surface area contributed by atoms with Crippen LogP contribution in [0.15, 0.2) is 86.5 Å². The minimum Gasteiger partial charge on any atom is -0.450 e. The summed E-state index contributed by atoms with van der Waals surface area (Å²) < 4.78 is 6.81. The van der Waals surface area contributed by atoms with Crippen LogP contribution in [0.25, 0.3) is 11.0 Å². The number of para-hydroxylation sites is 1. The first kappa shape index (κ1) is 19.1. The highest BCUT2D eigenvalue weighted by molar-refractivity contribution is 9.10. The van der Waals surface area contributed by atoms with E-state index in [0.717, 1.165) is 15.6 Å². The summed E-state index contributed by atoms with van der Waals surface area (Å²) in [5.74, 6) is -0.228. The molecule has 148 valence electrons. The van der Waals surface area contributed by atoms with Crippen LogP contribution >= 0.6 is 27.5 Å². The Morgan fingerprint density at radius 3 is 2.53 bits per heavy atom. The van der Waals surface area contributed by atoms with Crippen molar-refractivity contribution in [3.8, 4) is 0 Å². The zero-order chi connectivity index (χ0) is 20.8. The number of fused-ring (bicyclic) bond motifs is 2. The summed E-state index contributed by atoms with van der Waals surface area (Å²) >= 11 is 9.86. The fourth-order valence-electron chi connectivity index (χ4n) is 3.96. The number of carbonyl (C=O) groups excluding carboxylic acids is 1. The Kier molecular flexibility index (Phi) is 4.72. The van der Waals surface area contributed by atoms with Crippen LogP contribution in [0, 0.1) is 0 Å². The molecule has 0 saturated carbocycles. The lowest BCUT2D eigenvalue weighted by atomic mass is 9.98. The van der Waals surface area contributed by atoms with E-state index in [0.29, 0.717) is 21.6 Å². The second kappa shape index (κ2) is 7.42. The number of carbonyl (C=O) groups is 1. The van der Waals surface area contributed by atoms with E-state index >= 15 is 0 Å². The average Bonchev–Trinajstić information content (AvgIpc) is 3.02. The smallest absolute Gasteiger partial charge is 0.291 e. The van der Waals surface area contributed by atoms with Crippen LogP contribution in [0.4, 0.5) is 0 Å². The molecule has 0 aliphatic carbocycles. The number of benzene rings is 3. The van der Waals surface area contributed by atoms with Crippen molar-refractivity contribution in [2.75, 3.05) is 0 Å². The molecule has 2 heterocycles. The molecule has 4 nitrogen and oxygen atoms in total. The van der Waals surface area contributed by atoms with Crippen molar-refractivity contribution in [2.24, 2.45) is 0 Å². The van der Waals surface area contributed by atoms with Crippen molar-refractivity contribution in [3.05, 3.63) is 115 Å². The van der Waals surface area contributed by atoms with E-state index in [9.17, 15) is 9.59 Å². The lowest BCUT2D eigenvalue weighted by molar-refractivity contribution is 0.0714. The van der Waals surface area contributed by atoms with Gasteiger partial charge in [0.25, 0.3) is 5.91 Å². The third kappa shape index (κ3) is 3.06. The largest absolute Gasteiger partial charge is 0.450 e. The molecular formula is C24H15BrClNO3. The van der Waals surface area contributed by atoms with Crippen molar-refractivity contribution in [1.29, 1.82) is 0 Å². The summed E-state index contributed by atoms with van der Waals surface area (Å²) in [7, 11) is 0. The Morgan fingerprint density at radius 1 is 0.967 bits per heavy atom. The Labute approximate surface area is 185 Å². The molecule has 0 N–H and O–H groups in total. The standard InChI is InChI=1S/C24H15BrClNO3/c25-16-8-5-7-14(12-16)21-20-22(28)17-9-2-4-11-19(17)30-23(20)24(29)27(21)13-15-6-1-3-10-18(15)26/h1-12,21H,13H2. The molecule has 6 heteroatoms. The second-order valence-corrected chi connectivity index (χ2v) is 8.48. The molecule has 0 saturated heterocycles. The average molecular weight is 481 g/mol. The van der Waals surface area contributed by atoms with Gasteiger partial charge in [0.15, 0.2) is 5.43 Å². The molecule has 0 radical (unpaired) electrons. The highest BCUT2D eigenvalue weighted by Gasteiger charge is 2.42. The zero-order valence-electron chi connectivity index (χ0n) is 15.6. The molecule has 1 aliphatic heterocycles. The van der Waals surface area contributed by atoms with Crippen molar-refractivity contribution < 1.29 is 9.21 Å². The molecule has 1 aromatic heterocycles. The monoisotopic (exact) mass is 479 g/mol. The first-order chi connectivity index (χ1) is 14.5. The van der Waals surface area contributed by atoms with E-state index in [4.69, 9.17) is 16.0 Å². The van der Waals surface area contributed by atoms with Gasteiger partial charge >= 0.3 is 0 Å². The van der Waals surface area contributed by atoms with Crippen LogP contribution in [0.2, 0.25) is 5.02 Å². The molecule has 3 aromatic carbocycles. The molecule has 4 aromatic rings. The topological polar surface area (TPSA) is 50.5 Å². The number of nitrogens with zero attached hydrogens (tertiary/aromatic N) is 1. The quantitative estimate of drug-likeness (QED) is 0.364. The SMILES string of the molecule is O=C1c2oc3ccccc3c(=O)c2C(c2cccc(Br)c2)N1Cc1ccccc1Cl. The number of amides is 1. The molecule has 0 fully saturated rings. The van der Waals surface area contributed by atoms with Crippen LogP contribution in [-0.2, 0) is 6.54 Å². The van der Waals surface area contributed by atoms with E-state index in [-0.39, 0.29) is 23.6 Å². The van der Waals surface area contributed by atoms with Gasteiger partial charge in [0.1, 0.15) is 5.58 Å². The molecule has 1 atom stereocenters. The molecule has 0 bridgehead atoms. The van der Waals surface area contributed by atoms with Gasteiger partial charge in [-0.05, 0) is 41.5 Å². The zero-order valence-corrected chi connectivity index (χ0v) is 18.0. The number of rotatable bonds is 3. The van der Waals surface area contributed by atoms with Gasteiger partial charge in [-0.2, -0.15) is 0 Å². The van der Waals surface area contributed by atoms with Gasteiger partial charge in [-0.1, -0.05) is 70.0 Å². The van der Waals surface area contributed by atoms with Crippen molar-refractivity contribution in [1.82, 2.24) is 4.90 Å². The van der Waals surface area contributed by atoms with Crippen LogP contribution in [-0.4, -0.2) is 10.8 Å². The third-order valence-electron chi connectivity index (χ3n) is 5.34. The lowest BCUT2D eigenvalue weighted by Gasteiger charge is -2.25. The first-order valence-electron chi connectivity index (χ1n) is 9.40. The van der Waals surface area contributed by atoms with E-state index < -0.39 is 6.04 Å². The van der Waals surface area contributed by atoms with E-state index in [1.54, 1.807) is 35.2 Å². The fraction of sp³-hybridized carbons (Fsp3) is 0.0833. The van der Waals surface area contributed by atoms with Gasteiger partial charge < -0.3 is 9.32 Å². The van der Waals surface area contributed by atoms with E-state index in [1.807, 2.05) is 42.5 Å². The maximum atomic E-state index is 13.4. The summed E-state index contributed by atoms with van der Waals surface area (Å²) in [4.78, 5) is 28.5. The van der Waals surface area contributed by atoms with Crippen LogP contribution < -0.4 is 5.43 Å². The van der Waals surface area contributed by atoms with E-state index in [1.165, 1.54) is 0 Å². The Morgan fingerprint density at radius 2 is 1.73 bits per heavy atom. The fourth-order valence-corrected chi connectivity index (χ4v) is 4.58. The highest BCUT2D eigenvalue weighted by Crippen LogP contribution is 2.40. The second-order valence-electron chi connectivity index (χ2n) is 7.15. The van der Waals surface area contributed by atoms with Crippen LogP contribution in [0.3, 0.4) is 0 Å². The minimum absolute atomic E-state index is 0.0933. The molecule has 5 rings (SSSR count). The van der Waals surface area contributed by atoms with Crippen LogP contribution in [0.1, 0.15) is 33.3 Å². The van der Waals surface area contributed by atoms with Gasteiger partial charge in [-0.25, -0.2) is 0 Å². The Balaban J connectivity index is 1.75. The summed E-state index contributed by atoms with van der Waals surface area (Å²) in [5.41, 5.74) is 2.21. The molecule has 1 amide bonds. The Hall–Kier alpha value is -2.89. The summed E-state index contributed by atoms with van der Waals surface area (Å²) in [5, 5.41) is 1.03. The van der Waals surface area contributed by atoms with E-state index in [2.05, 4.69) is 15.9 Å². The van der Waals surface area contributed by atoms with Gasteiger partial charge in [0.05, 0.1) is 17.0 Å². The van der Waals surface area contributed by atoms with Crippen molar-refractivity contribution >= 4 is 44.4 Å². The van der Waals surface area contributed by atoms with Gasteiger partial charge in [-0.3, -0.25) is 9.59 Å². The summed E-state index contributed by atoms with van der Waals surface area (Å²) in [6.45, 7) is 0.260. The third-order valence-corrected chi connectivity index (χ3v) is 6.20. The van der Waals surface area contributed by atoms with Crippen molar-refractivity contribution in [3.63, 3.8) is 0 Å². The number of hydrogen-bond donors (Lipinski definition) is 0. The normalized spacial score (nSPS) is 15.6. The van der Waals surface area contributed by atoms with Crippen LogP contribution in [0.5, 0.6) is 0 Å². The van der Waals surface area contributed by atoms with Gasteiger partial charge in [0, 0.05) is 16.0 Å². The first-order valence-corrected chi connectivity index (χ1v) is 10.6. The lowest BCUT2D eigenvalue weighted by Crippen LogP contribution is -2.29. The minimum atomic E-state index is -0.567. The molecule has 0 spiro atoms. The van der Waals surface area contributed by atoms with Gasteiger partial charge in [0.2, 0.25) is 5.76 Å². The predicted molar refractivity (Wildman–Crippen MR) is 120 cm³/mol. The Bertz CT molecular complexity index is 1360. The maximum Gasteiger partial charge on any atom is 0.291 e. The molecule has 1 unspecified atom stereocenters. The summed E-state index contributed by atoms with van der Waals surface area (Å²) in [6.07, 6.45) is 0. The predicted octanol–water partition coefficient (Wildman–Crippen LogP) is 5.95. The summed E-state index contributed by atoms with van der Waals surface area (Å²) in [6, 6.07) is 21.4. The van der Waals surface area contributed by atoms with Crippen molar-refractivity contribution in [2.45, 2.75) is 12.6 Å². The number of hydrogen-bond acceptors (Lipinski definition) is 3. The number of halogens is 2. The van der Waals surface area contributed by atoms with Gasteiger partial charge in [-0.15, -0.1) is 0 Å². The highest BCUT2D eigenvalue weighted by atomic mass is 79.9. The maximum absolute atomic E-state index is 13.4.